The second-order valence-corrected chi connectivity index (χ2v) is 4.95. The zero-order valence-corrected chi connectivity index (χ0v) is 11.8. The molecule has 0 aliphatic carbocycles. The fourth-order valence-electron chi connectivity index (χ4n) is 2.37. The molecule has 0 bridgehead atoms. The Morgan fingerprint density at radius 3 is 2.22 bits per heavy atom. The summed E-state index contributed by atoms with van der Waals surface area (Å²) in [5.41, 5.74) is 5.36. The van der Waals surface area contributed by atoms with Gasteiger partial charge in [0.05, 0.1) is 5.56 Å². The number of hydrogen-bond acceptors (Lipinski definition) is 7. The third kappa shape index (κ3) is 2.23. The zero-order valence-electron chi connectivity index (χ0n) is 11.8. The van der Waals surface area contributed by atoms with Crippen molar-refractivity contribution in [3.05, 3.63) is 46.1 Å². The van der Waals surface area contributed by atoms with Crippen molar-refractivity contribution in [1.29, 1.82) is 0 Å². The lowest BCUT2D eigenvalue weighted by molar-refractivity contribution is 0.367. The zero-order chi connectivity index (χ0) is 16.7. The van der Waals surface area contributed by atoms with Gasteiger partial charge in [0, 0.05) is 18.2 Å². The van der Waals surface area contributed by atoms with Crippen LogP contribution < -0.4 is 11.2 Å². The van der Waals surface area contributed by atoms with Crippen molar-refractivity contribution < 1.29 is 24.8 Å². The second kappa shape index (κ2) is 5.22. The quantitative estimate of drug-likeness (QED) is 0.454. The molecule has 0 fully saturated rings. The molecule has 118 valence electrons. The van der Waals surface area contributed by atoms with Crippen molar-refractivity contribution in [2.45, 2.75) is 6.54 Å². The van der Waals surface area contributed by atoms with Crippen LogP contribution in [0.15, 0.2) is 39.5 Å². The minimum Gasteiger partial charge on any atom is -0.508 e. The van der Waals surface area contributed by atoms with Crippen molar-refractivity contribution in [2.24, 2.45) is 5.73 Å². The van der Waals surface area contributed by atoms with E-state index < -0.39 is 22.7 Å². The Balaban J connectivity index is 2.40. The molecule has 0 saturated carbocycles. The van der Waals surface area contributed by atoms with Crippen LogP contribution in [-0.2, 0) is 6.54 Å². The molecule has 1 heterocycles. The Morgan fingerprint density at radius 1 is 0.957 bits per heavy atom. The third-order valence-electron chi connectivity index (χ3n) is 3.55. The Hall–Kier alpha value is -3.19. The van der Waals surface area contributed by atoms with Gasteiger partial charge in [0.1, 0.15) is 16.9 Å². The minimum absolute atomic E-state index is 0.00743. The second-order valence-electron chi connectivity index (χ2n) is 4.95. The maximum atomic E-state index is 12.3. The molecule has 6 N–H and O–H groups in total. The third-order valence-corrected chi connectivity index (χ3v) is 3.55. The smallest absolute Gasteiger partial charge is 0.201 e. The van der Waals surface area contributed by atoms with E-state index >= 15 is 0 Å². The molecule has 3 aromatic rings. The molecule has 0 aliphatic heterocycles. The maximum absolute atomic E-state index is 12.3. The Kier molecular flexibility index (Phi) is 3.34. The predicted octanol–water partition coefficient (Wildman–Crippen LogP) is 1.74. The molecule has 1 aromatic heterocycles. The summed E-state index contributed by atoms with van der Waals surface area (Å²) in [6.45, 7) is -0.210. The van der Waals surface area contributed by atoms with Crippen LogP contribution in [0.25, 0.3) is 22.3 Å². The number of nitrogens with two attached hydrogens (primary N) is 1. The SMILES string of the molecule is NCc1c(O)c(O)c(O)c2c(=O)cc(-c3ccc(O)cc3)oc12. The number of rotatable bonds is 2. The largest absolute Gasteiger partial charge is 0.508 e. The number of phenolic OH excluding ortho intramolecular Hbond substituents is 4. The van der Waals surface area contributed by atoms with Gasteiger partial charge in [-0.1, -0.05) is 0 Å². The molecule has 23 heavy (non-hydrogen) atoms. The first-order chi connectivity index (χ1) is 10.9. The van der Waals surface area contributed by atoms with Crippen LogP contribution in [0.3, 0.4) is 0 Å². The van der Waals surface area contributed by atoms with Crippen LogP contribution in [0.2, 0.25) is 0 Å². The van der Waals surface area contributed by atoms with Crippen molar-refractivity contribution in [3.63, 3.8) is 0 Å². The first-order valence-corrected chi connectivity index (χ1v) is 6.67. The van der Waals surface area contributed by atoms with Gasteiger partial charge in [-0.25, -0.2) is 0 Å². The summed E-state index contributed by atoms with van der Waals surface area (Å²) in [6, 6.07) is 7.08. The highest BCUT2D eigenvalue weighted by Gasteiger charge is 2.22. The number of aromatic hydroxyl groups is 4. The van der Waals surface area contributed by atoms with Gasteiger partial charge in [0.15, 0.2) is 22.5 Å². The van der Waals surface area contributed by atoms with E-state index in [0.29, 0.717) is 5.56 Å². The highest BCUT2D eigenvalue weighted by molar-refractivity contribution is 5.92. The van der Waals surface area contributed by atoms with Crippen molar-refractivity contribution in [2.75, 3.05) is 0 Å². The molecule has 0 amide bonds. The lowest BCUT2D eigenvalue weighted by atomic mass is 10.1. The van der Waals surface area contributed by atoms with Crippen LogP contribution in [0.5, 0.6) is 23.0 Å². The molecule has 0 spiro atoms. The van der Waals surface area contributed by atoms with Gasteiger partial charge < -0.3 is 30.6 Å². The minimum atomic E-state index is -0.817. The van der Waals surface area contributed by atoms with Crippen LogP contribution in [-0.4, -0.2) is 20.4 Å². The number of phenols is 4. The van der Waals surface area contributed by atoms with E-state index in [-0.39, 0.29) is 34.6 Å². The standard InChI is InChI=1S/C16H13NO6/c17-6-9-13(20)15(22)14(21)12-10(19)5-11(23-16(9)12)7-1-3-8(18)4-2-7/h1-5,18,20-22H,6,17H2. The molecule has 0 radical (unpaired) electrons. The number of fused-ring (bicyclic) bond motifs is 1. The summed E-state index contributed by atoms with van der Waals surface area (Å²) in [5, 5.41) is 38.5. The summed E-state index contributed by atoms with van der Waals surface area (Å²) in [6.07, 6.45) is 0. The summed E-state index contributed by atoms with van der Waals surface area (Å²) in [5.74, 6) is -1.99. The van der Waals surface area contributed by atoms with E-state index in [9.17, 15) is 25.2 Å². The number of benzene rings is 2. The fraction of sp³-hybridized carbons (Fsp3) is 0.0625. The maximum Gasteiger partial charge on any atom is 0.201 e. The van der Waals surface area contributed by atoms with Gasteiger partial charge in [-0.05, 0) is 24.3 Å². The summed E-state index contributed by atoms with van der Waals surface area (Å²) < 4.78 is 5.61. The molecule has 7 nitrogen and oxygen atoms in total. The van der Waals surface area contributed by atoms with E-state index in [1.54, 1.807) is 12.1 Å². The van der Waals surface area contributed by atoms with Crippen molar-refractivity contribution in [1.82, 2.24) is 0 Å². The topological polar surface area (TPSA) is 137 Å². The Bertz CT molecular complexity index is 959. The molecule has 0 atom stereocenters. The average Bonchev–Trinajstić information content (AvgIpc) is 2.53. The van der Waals surface area contributed by atoms with Gasteiger partial charge in [-0.3, -0.25) is 4.79 Å². The van der Waals surface area contributed by atoms with E-state index in [4.69, 9.17) is 10.2 Å². The molecule has 3 rings (SSSR count). The molecule has 0 unspecified atom stereocenters. The molecule has 0 saturated heterocycles. The van der Waals surface area contributed by atoms with Gasteiger partial charge in [-0.15, -0.1) is 0 Å². The highest BCUT2D eigenvalue weighted by Crippen LogP contribution is 2.44. The van der Waals surface area contributed by atoms with E-state index in [0.717, 1.165) is 6.07 Å². The van der Waals surface area contributed by atoms with E-state index in [1.165, 1.54) is 12.1 Å². The summed E-state index contributed by atoms with van der Waals surface area (Å²) in [4.78, 5) is 12.3. The lowest BCUT2D eigenvalue weighted by Gasteiger charge is -2.11. The van der Waals surface area contributed by atoms with Gasteiger partial charge >= 0.3 is 0 Å². The fourth-order valence-corrected chi connectivity index (χ4v) is 2.37. The monoisotopic (exact) mass is 315 g/mol. The number of hydrogen-bond donors (Lipinski definition) is 5. The average molecular weight is 315 g/mol. The Labute approximate surface area is 129 Å². The molecule has 2 aromatic carbocycles. The first-order valence-electron chi connectivity index (χ1n) is 6.67. The predicted molar refractivity (Wildman–Crippen MR) is 82.5 cm³/mol. The molecular weight excluding hydrogens is 302 g/mol. The van der Waals surface area contributed by atoms with Gasteiger partial charge in [-0.2, -0.15) is 0 Å². The molecular formula is C16H13NO6. The van der Waals surface area contributed by atoms with Crippen LogP contribution in [0.1, 0.15) is 5.56 Å². The van der Waals surface area contributed by atoms with Crippen LogP contribution in [0, 0.1) is 0 Å². The molecule has 0 aliphatic rings. The highest BCUT2D eigenvalue weighted by atomic mass is 16.3. The molecule has 7 heteroatoms. The summed E-state index contributed by atoms with van der Waals surface area (Å²) in [7, 11) is 0. The van der Waals surface area contributed by atoms with Crippen LogP contribution >= 0.6 is 0 Å². The van der Waals surface area contributed by atoms with Gasteiger partial charge in [0.2, 0.25) is 5.75 Å². The Morgan fingerprint density at radius 2 is 1.61 bits per heavy atom. The lowest BCUT2D eigenvalue weighted by Crippen LogP contribution is -2.05. The van der Waals surface area contributed by atoms with E-state index in [1.807, 2.05) is 0 Å². The van der Waals surface area contributed by atoms with Crippen LogP contribution in [0.4, 0.5) is 0 Å². The summed E-state index contributed by atoms with van der Waals surface area (Å²) >= 11 is 0. The van der Waals surface area contributed by atoms with Crippen molar-refractivity contribution >= 4 is 11.0 Å². The first kappa shape index (κ1) is 14.7. The normalized spacial score (nSPS) is 11.0. The van der Waals surface area contributed by atoms with E-state index in [2.05, 4.69) is 0 Å². The van der Waals surface area contributed by atoms with Crippen molar-refractivity contribution in [3.8, 4) is 34.3 Å². The van der Waals surface area contributed by atoms with Gasteiger partial charge in [0.25, 0.3) is 0 Å².